The van der Waals surface area contributed by atoms with Crippen LogP contribution in [0, 0.1) is 0 Å². The fourth-order valence-electron chi connectivity index (χ4n) is 12.3. The lowest BCUT2D eigenvalue weighted by Crippen LogP contribution is -2.30. The molecule has 6 nitrogen and oxygen atoms in total. The molecule has 0 aromatic heterocycles. The van der Waals surface area contributed by atoms with Crippen LogP contribution in [0.5, 0.6) is 0 Å². The van der Waals surface area contributed by atoms with Gasteiger partial charge in [0.05, 0.1) is 0 Å². The number of hydrogen-bond donors (Lipinski definition) is 0. The molecule has 0 rings (SSSR count). The van der Waals surface area contributed by atoms with E-state index in [0.29, 0.717) is 19.3 Å². The normalized spacial score (nSPS) is 11.9. The Hall–Kier alpha value is -1.59. The van der Waals surface area contributed by atoms with Gasteiger partial charge in [0.1, 0.15) is 13.2 Å². The van der Waals surface area contributed by atoms with Gasteiger partial charge in [-0.3, -0.25) is 14.4 Å². The van der Waals surface area contributed by atoms with E-state index in [1.165, 1.54) is 360 Å². The SMILES string of the molecule is CCCCCCCCCCCCCCCCCCCCCCCCCCCCCCC(=O)OCC(COC(=O)CCCCCCCCCCCCCCCCC)OC(=O)CCCCCCCCCCCCCCCCCCCCCCCC. The molecule has 1 atom stereocenters. The molecule has 1 unspecified atom stereocenters. The highest BCUT2D eigenvalue weighted by atomic mass is 16.6. The lowest BCUT2D eigenvalue weighted by atomic mass is 10.0. The zero-order chi connectivity index (χ0) is 59.9. The van der Waals surface area contributed by atoms with Crippen LogP contribution in [-0.2, 0) is 28.6 Å². The van der Waals surface area contributed by atoms with E-state index in [-0.39, 0.29) is 31.1 Å². The summed E-state index contributed by atoms with van der Waals surface area (Å²) in [6.07, 6.45) is 87.3. The standard InChI is InChI=1S/C77H150O6/c1-4-7-10-13-16-19-22-25-28-30-32-34-36-37-38-39-40-41-43-44-46-49-52-55-58-61-64-67-70-76(79)82-73-74(72-81-75(78)69-66-63-60-57-54-51-48-27-24-21-18-15-12-9-6-3)83-77(80)71-68-65-62-59-56-53-50-47-45-42-35-33-31-29-26-23-20-17-14-11-8-5-2/h74H,4-73H2,1-3H3. The van der Waals surface area contributed by atoms with E-state index in [9.17, 15) is 14.4 Å². The second-order valence-electron chi connectivity index (χ2n) is 26.6. The zero-order valence-electron chi connectivity index (χ0n) is 57.0. The molecule has 0 radical (unpaired) electrons. The van der Waals surface area contributed by atoms with Crippen LogP contribution in [0.4, 0.5) is 0 Å². The molecule has 0 fully saturated rings. The van der Waals surface area contributed by atoms with Gasteiger partial charge in [0.25, 0.3) is 0 Å². The number of carbonyl (C=O) groups excluding carboxylic acids is 3. The van der Waals surface area contributed by atoms with Crippen molar-refractivity contribution in [2.24, 2.45) is 0 Å². The molecule has 0 saturated carbocycles. The smallest absolute Gasteiger partial charge is 0.306 e. The van der Waals surface area contributed by atoms with Crippen molar-refractivity contribution >= 4 is 17.9 Å². The predicted molar refractivity (Wildman–Crippen MR) is 363 cm³/mol. The molecule has 6 heteroatoms. The van der Waals surface area contributed by atoms with E-state index in [2.05, 4.69) is 20.8 Å². The molecular weight excluding hydrogens is 1020 g/mol. The third kappa shape index (κ3) is 71.1. The van der Waals surface area contributed by atoms with E-state index < -0.39 is 6.10 Å². The second-order valence-corrected chi connectivity index (χ2v) is 26.6. The Morgan fingerprint density at radius 3 is 0.482 bits per heavy atom. The summed E-state index contributed by atoms with van der Waals surface area (Å²) in [4.78, 5) is 38.5. The first-order chi connectivity index (χ1) is 41.0. The maximum atomic E-state index is 13.0. The highest BCUT2D eigenvalue weighted by Crippen LogP contribution is 2.20. The highest BCUT2D eigenvalue weighted by Gasteiger charge is 2.20. The van der Waals surface area contributed by atoms with Gasteiger partial charge in [-0.2, -0.15) is 0 Å². The van der Waals surface area contributed by atoms with Gasteiger partial charge in [-0.15, -0.1) is 0 Å². The molecule has 0 N–H and O–H groups in total. The quantitative estimate of drug-likeness (QED) is 0.0343. The van der Waals surface area contributed by atoms with Crippen LogP contribution in [0.1, 0.15) is 457 Å². The molecule has 0 aromatic rings. The van der Waals surface area contributed by atoms with Crippen LogP contribution >= 0.6 is 0 Å². The summed E-state index contributed by atoms with van der Waals surface area (Å²) in [7, 11) is 0. The summed E-state index contributed by atoms with van der Waals surface area (Å²) in [6, 6.07) is 0. The summed E-state index contributed by atoms with van der Waals surface area (Å²) < 4.78 is 17.1. The number of carbonyl (C=O) groups is 3. The van der Waals surface area contributed by atoms with Crippen molar-refractivity contribution in [3.63, 3.8) is 0 Å². The monoisotopic (exact) mass is 1170 g/mol. The Balaban J connectivity index is 4.18. The first-order valence-electron chi connectivity index (χ1n) is 38.5. The number of rotatable bonds is 73. The van der Waals surface area contributed by atoms with Gasteiger partial charge in [-0.1, -0.05) is 419 Å². The molecule has 0 spiro atoms. The van der Waals surface area contributed by atoms with Gasteiger partial charge >= 0.3 is 17.9 Å². The third-order valence-electron chi connectivity index (χ3n) is 18.1. The van der Waals surface area contributed by atoms with Crippen LogP contribution in [0.2, 0.25) is 0 Å². The number of esters is 3. The van der Waals surface area contributed by atoms with Crippen molar-refractivity contribution in [1.29, 1.82) is 0 Å². The summed E-state index contributed by atoms with van der Waals surface area (Å²) >= 11 is 0. The van der Waals surface area contributed by atoms with E-state index in [4.69, 9.17) is 14.2 Å². The zero-order valence-corrected chi connectivity index (χ0v) is 57.0. The van der Waals surface area contributed by atoms with Gasteiger partial charge in [0, 0.05) is 19.3 Å². The van der Waals surface area contributed by atoms with Gasteiger partial charge in [0.2, 0.25) is 0 Å². The summed E-state index contributed by atoms with van der Waals surface area (Å²) in [6.45, 7) is 6.76. The fraction of sp³-hybridized carbons (Fsp3) is 0.961. The molecule has 494 valence electrons. The third-order valence-corrected chi connectivity index (χ3v) is 18.1. The Labute approximate surface area is 520 Å². The van der Waals surface area contributed by atoms with E-state index >= 15 is 0 Å². The van der Waals surface area contributed by atoms with Crippen LogP contribution in [0.3, 0.4) is 0 Å². The van der Waals surface area contributed by atoms with Crippen molar-refractivity contribution in [2.45, 2.75) is 463 Å². The first kappa shape index (κ1) is 81.4. The Bertz CT molecular complexity index is 1250. The molecule has 0 aliphatic heterocycles. The molecule has 0 aliphatic rings. The van der Waals surface area contributed by atoms with Crippen molar-refractivity contribution in [2.75, 3.05) is 13.2 Å². The van der Waals surface area contributed by atoms with Gasteiger partial charge in [-0.05, 0) is 19.3 Å². The van der Waals surface area contributed by atoms with Crippen molar-refractivity contribution in [3.8, 4) is 0 Å². The van der Waals surface area contributed by atoms with Crippen LogP contribution in [0.15, 0.2) is 0 Å². The van der Waals surface area contributed by atoms with Crippen LogP contribution in [-0.4, -0.2) is 37.2 Å². The molecule has 0 heterocycles. The Morgan fingerprint density at radius 1 is 0.193 bits per heavy atom. The minimum absolute atomic E-state index is 0.0598. The largest absolute Gasteiger partial charge is 0.462 e. The second kappa shape index (κ2) is 72.9. The molecular formula is C77H150O6. The molecule has 0 bridgehead atoms. The number of hydrogen-bond acceptors (Lipinski definition) is 6. The van der Waals surface area contributed by atoms with E-state index in [0.717, 1.165) is 57.8 Å². The molecule has 0 aliphatic carbocycles. The number of ether oxygens (including phenoxy) is 3. The van der Waals surface area contributed by atoms with Gasteiger partial charge < -0.3 is 14.2 Å². The van der Waals surface area contributed by atoms with Crippen molar-refractivity contribution in [3.05, 3.63) is 0 Å². The van der Waals surface area contributed by atoms with E-state index in [1.807, 2.05) is 0 Å². The van der Waals surface area contributed by atoms with Crippen LogP contribution < -0.4 is 0 Å². The fourth-order valence-corrected chi connectivity index (χ4v) is 12.3. The molecule has 0 saturated heterocycles. The maximum Gasteiger partial charge on any atom is 0.306 e. The molecule has 83 heavy (non-hydrogen) atoms. The average molecular weight is 1170 g/mol. The predicted octanol–water partition coefficient (Wildman–Crippen LogP) is 26.6. The summed E-state index contributed by atoms with van der Waals surface area (Å²) in [5.74, 6) is -0.814. The Morgan fingerprint density at radius 2 is 0.325 bits per heavy atom. The Kier molecular flexibility index (Phi) is 71.5. The minimum Gasteiger partial charge on any atom is -0.462 e. The summed E-state index contributed by atoms with van der Waals surface area (Å²) in [5.41, 5.74) is 0. The molecule has 0 amide bonds. The maximum absolute atomic E-state index is 13.0. The first-order valence-corrected chi connectivity index (χ1v) is 38.5. The van der Waals surface area contributed by atoms with Gasteiger partial charge in [-0.25, -0.2) is 0 Å². The topological polar surface area (TPSA) is 78.9 Å². The minimum atomic E-state index is -0.764. The van der Waals surface area contributed by atoms with Crippen molar-refractivity contribution < 1.29 is 28.6 Å². The average Bonchev–Trinajstić information content (AvgIpc) is 3.50. The lowest BCUT2D eigenvalue weighted by Gasteiger charge is -2.18. The van der Waals surface area contributed by atoms with Crippen molar-refractivity contribution in [1.82, 2.24) is 0 Å². The molecule has 0 aromatic carbocycles. The van der Waals surface area contributed by atoms with E-state index in [1.54, 1.807) is 0 Å². The highest BCUT2D eigenvalue weighted by molar-refractivity contribution is 5.71. The number of unbranched alkanes of at least 4 members (excludes halogenated alkanes) is 62. The lowest BCUT2D eigenvalue weighted by molar-refractivity contribution is -0.167. The van der Waals surface area contributed by atoms with Gasteiger partial charge in [0.15, 0.2) is 6.10 Å². The van der Waals surface area contributed by atoms with Crippen LogP contribution in [0.25, 0.3) is 0 Å². The summed E-state index contributed by atoms with van der Waals surface area (Å²) in [5, 5.41) is 0.